The van der Waals surface area contributed by atoms with Crippen LogP contribution in [0, 0.1) is 12.3 Å². The fraction of sp³-hybridized carbons (Fsp3) is 0.550. The highest BCUT2D eigenvalue weighted by molar-refractivity contribution is 5.79. The molecule has 0 bridgehead atoms. The van der Waals surface area contributed by atoms with Gasteiger partial charge in [0.25, 0.3) is 0 Å². The van der Waals surface area contributed by atoms with Crippen molar-refractivity contribution in [1.29, 1.82) is 0 Å². The van der Waals surface area contributed by atoms with Crippen LogP contribution in [-0.4, -0.2) is 45.9 Å². The number of hydrogen-bond acceptors (Lipinski definition) is 3. The summed E-state index contributed by atoms with van der Waals surface area (Å²) in [6.45, 7) is 5.78. The summed E-state index contributed by atoms with van der Waals surface area (Å²) in [6.07, 6.45) is 9.37. The van der Waals surface area contributed by atoms with Crippen LogP contribution in [0.3, 0.4) is 0 Å². The van der Waals surface area contributed by atoms with Gasteiger partial charge in [-0.2, -0.15) is 0 Å². The summed E-state index contributed by atoms with van der Waals surface area (Å²) in [7, 11) is 1.78. The maximum atomic E-state index is 5.54. The van der Waals surface area contributed by atoms with Gasteiger partial charge in [0.1, 0.15) is 12.4 Å². The van der Waals surface area contributed by atoms with Crippen LogP contribution in [0.2, 0.25) is 0 Å². The molecule has 1 aromatic rings. The number of benzene rings is 1. The molecule has 0 aromatic heterocycles. The van der Waals surface area contributed by atoms with Crippen LogP contribution in [0.5, 0.6) is 5.75 Å². The number of ether oxygens (including phenoxy) is 2. The maximum absolute atomic E-state index is 5.54. The largest absolute Gasteiger partial charge is 0.481 e. The zero-order chi connectivity index (χ0) is 18.2. The summed E-state index contributed by atoms with van der Waals surface area (Å²) in [4.78, 5) is 4.23. The Kier molecular flexibility index (Phi) is 11.8. The molecule has 2 N–H and O–H groups in total. The first-order valence-corrected chi connectivity index (χ1v) is 8.97. The van der Waals surface area contributed by atoms with Gasteiger partial charge in [-0.15, -0.1) is 6.42 Å². The lowest BCUT2D eigenvalue weighted by Gasteiger charge is -2.12. The van der Waals surface area contributed by atoms with Gasteiger partial charge in [0.15, 0.2) is 5.96 Å². The normalized spacial score (nSPS) is 11.0. The molecule has 0 radical (unpaired) electrons. The van der Waals surface area contributed by atoms with E-state index < -0.39 is 0 Å². The number of guanidine groups is 1. The van der Waals surface area contributed by atoms with Crippen molar-refractivity contribution in [2.24, 2.45) is 4.99 Å². The average Bonchev–Trinajstić information content (AvgIpc) is 2.65. The molecule has 0 unspecified atom stereocenters. The number of hydrogen-bond donors (Lipinski definition) is 2. The van der Waals surface area contributed by atoms with Crippen molar-refractivity contribution < 1.29 is 9.47 Å². The molecule has 0 aliphatic rings. The van der Waals surface area contributed by atoms with Gasteiger partial charge in [0.2, 0.25) is 0 Å². The van der Waals surface area contributed by atoms with Crippen LogP contribution < -0.4 is 15.4 Å². The summed E-state index contributed by atoms with van der Waals surface area (Å²) >= 11 is 0. The van der Waals surface area contributed by atoms with Gasteiger partial charge >= 0.3 is 0 Å². The summed E-state index contributed by atoms with van der Waals surface area (Å²) in [5.74, 6) is 4.08. The van der Waals surface area contributed by atoms with Gasteiger partial charge in [0, 0.05) is 33.4 Å². The van der Waals surface area contributed by atoms with Crippen molar-refractivity contribution >= 4 is 5.96 Å². The molecule has 5 heteroatoms. The molecular weight excluding hydrogens is 314 g/mol. The molecule has 0 atom stereocenters. The molecule has 1 rings (SSSR count). The summed E-state index contributed by atoms with van der Waals surface area (Å²) < 4.78 is 10.9. The highest BCUT2D eigenvalue weighted by atomic mass is 16.5. The summed E-state index contributed by atoms with van der Waals surface area (Å²) in [5.41, 5.74) is 1.24. The lowest BCUT2D eigenvalue weighted by atomic mass is 10.1. The summed E-state index contributed by atoms with van der Waals surface area (Å²) in [5, 5.41) is 6.62. The predicted molar refractivity (Wildman–Crippen MR) is 104 cm³/mol. The third kappa shape index (κ3) is 10.3. The Bertz CT molecular complexity index is 521. The van der Waals surface area contributed by atoms with Gasteiger partial charge in [-0.3, -0.25) is 4.99 Å². The second-order valence-electron chi connectivity index (χ2n) is 5.63. The molecule has 0 spiro atoms. The van der Waals surface area contributed by atoms with E-state index in [4.69, 9.17) is 15.9 Å². The fourth-order valence-electron chi connectivity index (χ4n) is 2.15. The number of terminal acetylenes is 1. The second kappa shape index (κ2) is 14.2. The minimum Gasteiger partial charge on any atom is -0.481 e. The molecule has 138 valence electrons. The average molecular weight is 345 g/mol. The molecular formula is C20H31N3O2. The number of unbranched alkanes of at least 4 members (excludes halogenated alkanes) is 1. The topological polar surface area (TPSA) is 54.9 Å². The molecule has 5 nitrogen and oxygen atoms in total. The van der Waals surface area contributed by atoms with Crippen LogP contribution >= 0.6 is 0 Å². The fourth-order valence-corrected chi connectivity index (χ4v) is 2.15. The zero-order valence-electron chi connectivity index (χ0n) is 15.5. The monoisotopic (exact) mass is 345 g/mol. The first-order chi connectivity index (χ1) is 12.3. The Morgan fingerprint density at radius 2 is 1.84 bits per heavy atom. The van der Waals surface area contributed by atoms with Crippen molar-refractivity contribution in [3.05, 3.63) is 29.8 Å². The first kappa shape index (κ1) is 20.9. The smallest absolute Gasteiger partial charge is 0.190 e. The number of nitrogens with one attached hydrogen (secondary N) is 2. The SMILES string of the molecule is C#CCOc1ccc(CCNC(=NC)NCCCOCCCC)cc1. The lowest BCUT2D eigenvalue weighted by Crippen LogP contribution is -2.39. The van der Waals surface area contributed by atoms with E-state index in [2.05, 4.69) is 40.6 Å². The molecule has 0 saturated heterocycles. The van der Waals surface area contributed by atoms with Crippen LogP contribution in [0.1, 0.15) is 31.7 Å². The molecule has 0 aliphatic carbocycles. The Hall–Kier alpha value is -2.19. The molecule has 25 heavy (non-hydrogen) atoms. The Balaban J connectivity index is 2.15. The van der Waals surface area contributed by atoms with Crippen molar-refractivity contribution in [1.82, 2.24) is 10.6 Å². The van der Waals surface area contributed by atoms with Crippen molar-refractivity contribution in [3.8, 4) is 18.1 Å². The highest BCUT2D eigenvalue weighted by Gasteiger charge is 1.99. The van der Waals surface area contributed by atoms with E-state index in [1.54, 1.807) is 7.05 Å². The van der Waals surface area contributed by atoms with E-state index in [0.717, 1.165) is 57.3 Å². The Labute approximate surface area is 152 Å². The first-order valence-electron chi connectivity index (χ1n) is 8.97. The molecule has 0 heterocycles. The minimum atomic E-state index is 0.298. The van der Waals surface area contributed by atoms with Gasteiger partial charge in [-0.05, 0) is 37.0 Å². The van der Waals surface area contributed by atoms with Crippen molar-refractivity contribution in [2.45, 2.75) is 32.6 Å². The van der Waals surface area contributed by atoms with E-state index in [1.165, 1.54) is 12.0 Å². The third-order valence-electron chi connectivity index (χ3n) is 3.58. The molecule has 0 fully saturated rings. The quantitative estimate of drug-likeness (QED) is 0.265. The molecule has 1 aromatic carbocycles. The zero-order valence-corrected chi connectivity index (χ0v) is 15.5. The van der Waals surface area contributed by atoms with Crippen molar-refractivity contribution in [2.75, 3.05) is 40.0 Å². The van der Waals surface area contributed by atoms with E-state index in [1.807, 2.05) is 12.1 Å². The van der Waals surface area contributed by atoms with Gasteiger partial charge in [-0.1, -0.05) is 31.4 Å². The second-order valence-corrected chi connectivity index (χ2v) is 5.63. The van der Waals surface area contributed by atoms with Crippen LogP contribution in [0.15, 0.2) is 29.3 Å². The predicted octanol–water partition coefficient (Wildman–Crippen LogP) is 2.61. The van der Waals surface area contributed by atoms with E-state index >= 15 is 0 Å². The Morgan fingerprint density at radius 3 is 2.52 bits per heavy atom. The van der Waals surface area contributed by atoms with Crippen LogP contribution in [0.25, 0.3) is 0 Å². The van der Waals surface area contributed by atoms with Crippen molar-refractivity contribution in [3.63, 3.8) is 0 Å². The maximum Gasteiger partial charge on any atom is 0.190 e. The lowest BCUT2D eigenvalue weighted by molar-refractivity contribution is 0.129. The van der Waals surface area contributed by atoms with Gasteiger partial charge < -0.3 is 20.1 Å². The highest BCUT2D eigenvalue weighted by Crippen LogP contribution is 2.12. The van der Waals surface area contributed by atoms with Crippen LogP contribution in [-0.2, 0) is 11.2 Å². The summed E-state index contributed by atoms with van der Waals surface area (Å²) in [6, 6.07) is 7.99. The van der Waals surface area contributed by atoms with E-state index in [9.17, 15) is 0 Å². The molecule has 0 amide bonds. The number of rotatable bonds is 12. The number of nitrogens with zero attached hydrogens (tertiary/aromatic N) is 1. The number of aliphatic imine (C=N–C) groups is 1. The third-order valence-corrected chi connectivity index (χ3v) is 3.58. The van der Waals surface area contributed by atoms with E-state index in [0.29, 0.717) is 6.61 Å². The minimum absolute atomic E-state index is 0.298. The van der Waals surface area contributed by atoms with Crippen LogP contribution in [0.4, 0.5) is 0 Å². The Morgan fingerprint density at radius 1 is 1.12 bits per heavy atom. The standard InChI is InChI=1S/C20H31N3O2/c1-4-6-16-24-17-7-13-22-20(21-3)23-14-12-18-8-10-19(11-9-18)25-15-5-2/h2,8-11H,4,6-7,12-17H2,1,3H3,(H2,21,22,23). The molecule has 0 aliphatic heterocycles. The van der Waals surface area contributed by atoms with Gasteiger partial charge in [-0.25, -0.2) is 0 Å². The van der Waals surface area contributed by atoms with Gasteiger partial charge in [0.05, 0.1) is 0 Å². The van der Waals surface area contributed by atoms with E-state index in [-0.39, 0.29) is 0 Å². The molecule has 0 saturated carbocycles.